The molecule has 0 spiro atoms. The molecule has 0 saturated carbocycles. The van der Waals surface area contributed by atoms with Gasteiger partial charge < -0.3 is 25.4 Å². The van der Waals surface area contributed by atoms with E-state index in [0.29, 0.717) is 46.1 Å². The van der Waals surface area contributed by atoms with Gasteiger partial charge in [0.15, 0.2) is 0 Å². The summed E-state index contributed by atoms with van der Waals surface area (Å²) in [5.41, 5.74) is 2.48. The molecule has 2 aromatic heterocycles. The minimum Gasteiger partial charge on any atom is -0.495 e. The summed E-state index contributed by atoms with van der Waals surface area (Å²) in [7, 11) is 3.02. The number of aliphatic hydroxyl groups excluding tert-OH is 1. The Morgan fingerprint density at radius 2 is 2.08 bits per heavy atom. The van der Waals surface area contributed by atoms with Crippen LogP contribution in [0.4, 0.5) is 5.69 Å². The van der Waals surface area contributed by atoms with Crippen LogP contribution >= 0.6 is 11.6 Å². The number of carbonyl (C=O) groups excluding carboxylic acids is 2. The second-order valence-electron chi connectivity index (χ2n) is 8.36. The highest BCUT2D eigenvalue weighted by atomic mass is 35.5. The molecule has 12 nitrogen and oxygen atoms in total. The molecule has 2 atom stereocenters. The molecule has 38 heavy (non-hydrogen) atoms. The average Bonchev–Trinajstić information content (AvgIpc) is 3.46. The maximum atomic E-state index is 13.3. The highest BCUT2D eigenvalue weighted by Crippen LogP contribution is 2.35. The van der Waals surface area contributed by atoms with Gasteiger partial charge >= 0.3 is 0 Å². The van der Waals surface area contributed by atoms with Gasteiger partial charge in [0.05, 0.1) is 24.7 Å². The van der Waals surface area contributed by atoms with E-state index in [2.05, 4.69) is 31.1 Å². The summed E-state index contributed by atoms with van der Waals surface area (Å²) in [5.74, 6) is -0.260. The maximum Gasteiger partial charge on any atom is 0.269 e. The van der Waals surface area contributed by atoms with E-state index in [0.717, 1.165) is 0 Å². The van der Waals surface area contributed by atoms with Gasteiger partial charge in [-0.25, -0.2) is 4.98 Å². The first-order valence-corrected chi connectivity index (χ1v) is 12.2. The second-order valence-corrected chi connectivity index (χ2v) is 8.80. The lowest BCUT2D eigenvalue weighted by molar-refractivity contribution is -0.123. The molecule has 13 heteroatoms. The van der Waals surface area contributed by atoms with Gasteiger partial charge in [-0.15, -0.1) is 5.10 Å². The SMILES string of the molecule is CCCC(C(=O)Nc1ccc(C(=O)NC)nc1)N1C=C(OC)C(c2cc(Cl)ccc2-n2cnnn2)=CC1O. The van der Waals surface area contributed by atoms with Crippen LogP contribution in [0, 0.1) is 0 Å². The molecule has 0 radical (unpaired) electrons. The quantitative estimate of drug-likeness (QED) is 0.373. The van der Waals surface area contributed by atoms with E-state index < -0.39 is 12.3 Å². The number of hydrogen-bond donors (Lipinski definition) is 3. The van der Waals surface area contributed by atoms with E-state index in [4.69, 9.17) is 16.3 Å². The number of methoxy groups -OCH3 is 1. The number of rotatable bonds is 9. The van der Waals surface area contributed by atoms with E-state index >= 15 is 0 Å². The molecule has 1 aliphatic heterocycles. The van der Waals surface area contributed by atoms with Gasteiger partial charge in [0.1, 0.15) is 30.1 Å². The zero-order chi connectivity index (χ0) is 27.2. The molecule has 0 bridgehead atoms. The topological polar surface area (TPSA) is 147 Å². The Morgan fingerprint density at radius 1 is 1.26 bits per heavy atom. The number of benzene rings is 1. The number of anilines is 1. The monoisotopic (exact) mass is 538 g/mol. The zero-order valence-electron chi connectivity index (χ0n) is 21.0. The largest absolute Gasteiger partial charge is 0.495 e. The number of carbonyl (C=O) groups is 2. The number of ether oxygens (including phenoxy) is 1. The standard InChI is InChI=1S/C25H27ClN8O4/c1-4-5-21(25(37)30-16-7-8-19(28-12-16)24(36)27-2)33-13-22(38-3)18(11-23(33)35)17-10-15(26)6-9-20(17)34-14-29-31-32-34/h6-14,21,23,35H,4-5H2,1-3H3,(H,27,36)(H,30,37). The van der Waals surface area contributed by atoms with E-state index in [1.165, 1.54) is 42.3 Å². The van der Waals surface area contributed by atoms with Crippen LogP contribution in [0.2, 0.25) is 5.02 Å². The van der Waals surface area contributed by atoms with Crippen LogP contribution in [0.15, 0.2) is 60.9 Å². The van der Waals surface area contributed by atoms with Crippen molar-refractivity contribution in [1.82, 2.24) is 35.4 Å². The molecule has 3 N–H and O–H groups in total. The van der Waals surface area contributed by atoms with E-state index in [1.54, 1.807) is 36.5 Å². The number of aliphatic hydroxyl groups is 1. The molecule has 0 saturated heterocycles. The first-order valence-electron chi connectivity index (χ1n) is 11.8. The van der Waals surface area contributed by atoms with Gasteiger partial charge in [0.2, 0.25) is 5.91 Å². The second kappa shape index (κ2) is 11.8. The van der Waals surface area contributed by atoms with Crippen molar-refractivity contribution in [2.75, 3.05) is 19.5 Å². The predicted octanol–water partition coefficient (Wildman–Crippen LogP) is 2.38. The lowest BCUT2D eigenvalue weighted by Crippen LogP contribution is -2.47. The molecule has 2 amide bonds. The molecule has 198 valence electrons. The van der Waals surface area contributed by atoms with E-state index in [-0.39, 0.29) is 17.5 Å². The third kappa shape index (κ3) is 5.66. The first kappa shape index (κ1) is 26.8. The van der Waals surface area contributed by atoms with Gasteiger partial charge in [0, 0.05) is 29.4 Å². The van der Waals surface area contributed by atoms with Gasteiger partial charge in [-0.3, -0.25) is 9.59 Å². The molecular formula is C25H27ClN8O4. The van der Waals surface area contributed by atoms with Gasteiger partial charge in [-0.2, -0.15) is 4.68 Å². The number of tetrazole rings is 1. The van der Waals surface area contributed by atoms with Crippen LogP contribution in [0.25, 0.3) is 11.3 Å². The Bertz CT molecular complexity index is 1360. The first-order chi connectivity index (χ1) is 18.4. The summed E-state index contributed by atoms with van der Waals surface area (Å²) in [6.07, 6.45) is 6.04. The third-order valence-corrected chi connectivity index (χ3v) is 6.17. The van der Waals surface area contributed by atoms with Gasteiger partial charge in [-0.05, 0) is 53.3 Å². The Balaban J connectivity index is 1.62. The van der Waals surface area contributed by atoms with Crippen molar-refractivity contribution in [2.24, 2.45) is 0 Å². The van der Waals surface area contributed by atoms with Crippen molar-refractivity contribution in [3.8, 4) is 5.69 Å². The zero-order valence-corrected chi connectivity index (χ0v) is 21.8. The van der Waals surface area contributed by atoms with Crippen molar-refractivity contribution < 1.29 is 19.4 Å². The molecule has 3 heterocycles. The Morgan fingerprint density at radius 3 is 2.71 bits per heavy atom. The molecule has 1 aliphatic rings. The maximum absolute atomic E-state index is 13.3. The minimum absolute atomic E-state index is 0.231. The van der Waals surface area contributed by atoms with Crippen molar-refractivity contribution in [3.63, 3.8) is 0 Å². The molecule has 0 aliphatic carbocycles. The van der Waals surface area contributed by atoms with Crippen molar-refractivity contribution in [1.29, 1.82) is 0 Å². The van der Waals surface area contributed by atoms with Crippen molar-refractivity contribution in [2.45, 2.75) is 32.0 Å². The van der Waals surface area contributed by atoms with Gasteiger partial charge in [-0.1, -0.05) is 24.9 Å². The van der Waals surface area contributed by atoms with Crippen LogP contribution in [0.5, 0.6) is 0 Å². The fourth-order valence-corrected chi connectivity index (χ4v) is 4.27. The predicted molar refractivity (Wildman–Crippen MR) is 140 cm³/mol. The molecule has 4 rings (SSSR count). The Hall–Kier alpha value is -4.29. The van der Waals surface area contributed by atoms with E-state index in [9.17, 15) is 14.7 Å². The highest BCUT2D eigenvalue weighted by molar-refractivity contribution is 6.30. The summed E-state index contributed by atoms with van der Waals surface area (Å²) in [6, 6.07) is 7.59. The summed E-state index contributed by atoms with van der Waals surface area (Å²) >= 11 is 6.30. The van der Waals surface area contributed by atoms with Gasteiger partial charge in [0.25, 0.3) is 5.91 Å². The normalized spacial score (nSPS) is 15.8. The summed E-state index contributed by atoms with van der Waals surface area (Å²) in [5, 5.41) is 28.3. The molecular weight excluding hydrogens is 512 g/mol. The summed E-state index contributed by atoms with van der Waals surface area (Å²) in [6.45, 7) is 1.95. The summed E-state index contributed by atoms with van der Waals surface area (Å²) in [4.78, 5) is 30.7. The molecule has 3 aromatic rings. The van der Waals surface area contributed by atoms with Crippen LogP contribution < -0.4 is 10.6 Å². The Labute approximate surface area is 224 Å². The Kier molecular flexibility index (Phi) is 8.34. The third-order valence-electron chi connectivity index (χ3n) is 5.93. The molecule has 0 fully saturated rings. The number of nitrogens with one attached hydrogen (secondary N) is 2. The average molecular weight is 539 g/mol. The lowest BCUT2D eigenvalue weighted by Gasteiger charge is -2.36. The summed E-state index contributed by atoms with van der Waals surface area (Å²) < 4.78 is 7.16. The smallest absolute Gasteiger partial charge is 0.269 e. The number of hydrogen-bond acceptors (Lipinski definition) is 9. The number of aromatic nitrogens is 5. The highest BCUT2D eigenvalue weighted by Gasteiger charge is 2.32. The van der Waals surface area contributed by atoms with Crippen LogP contribution in [0.3, 0.4) is 0 Å². The van der Waals surface area contributed by atoms with E-state index in [1.807, 2.05) is 6.92 Å². The number of nitrogens with zero attached hydrogens (tertiary/aromatic N) is 6. The number of halogens is 1. The van der Waals surface area contributed by atoms with Crippen LogP contribution in [-0.4, -0.2) is 73.4 Å². The fourth-order valence-electron chi connectivity index (χ4n) is 4.10. The fraction of sp³-hybridized carbons (Fsp3) is 0.280. The van der Waals surface area contributed by atoms with Crippen molar-refractivity contribution in [3.05, 3.63) is 77.2 Å². The molecule has 2 unspecified atom stereocenters. The minimum atomic E-state index is -1.15. The van der Waals surface area contributed by atoms with Crippen molar-refractivity contribution >= 4 is 34.7 Å². The number of allylic oxidation sites excluding steroid dienone is 1. The van der Waals surface area contributed by atoms with Crippen LogP contribution in [-0.2, 0) is 9.53 Å². The molecule has 1 aromatic carbocycles. The van der Waals surface area contributed by atoms with Crippen LogP contribution in [0.1, 0.15) is 35.8 Å². The number of pyridine rings is 1. The number of amides is 2. The lowest BCUT2D eigenvalue weighted by atomic mass is 9.97.